The fourth-order valence-corrected chi connectivity index (χ4v) is 1.60. The second-order valence-corrected chi connectivity index (χ2v) is 4.88. The van der Waals surface area contributed by atoms with Gasteiger partial charge in [0.25, 0.3) is 0 Å². The maximum absolute atomic E-state index is 8.84. The van der Waals surface area contributed by atoms with Crippen molar-refractivity contribution >= 4 is 5.82 Å². The summed E-state index contributed by atoms with van der Waals surface area (Å²) < 4.78 is 0. The van der Waals surface area contributed by atoms with E-state index < -0.39 is 0 Å². The molecule has 0 aliphatic heterocycles. The molecule has 0 atom stereocenters. The molecule has 17 heavy (non-hydrogen) atoms. The predicted octanol–water partition coefficient (Wildman–Crippen LogP) is 1.76. The molecule has 4 nitrogen and oxygen atoms in total. The number of rotatable bonds is 5. The highest BCUT2D eigenvalue weighted by molar-refractivity contribution is 5.41. The van der Waals surface area contributed by atoms with Gasteiger partial charge in [0.15, 0.2) is 0 Å². The molecule has 1 heterocycles. The van der Waals surface area contributed by atoms with Gasteiger partial charge in [-0.2, -0.15) is 5.26 Å². The van der Waals surface area contributed by atoms with E-state index in [2.05, 4.69) is 36.7 Å². The first-order valence-electron chi connectivity index (χ1n) is 5.84. The number of hydrogen-bond donors (Lipinski definition) is 1. The van der Waals surface area contributed by atoms with Crippen LogP contribution in [0.3, 0.4) is 0 Å². The van der Waals surface area contributed by atoms with Crippen LogP contribution in [-0.2, 0) is 0 Å². The molecule has 0 unspecified atom stereocenters. The third-order valence-corrected chi connectivity index (χ3v) is 2.73. The van der Waals surface area contributed by atoms with E-state index in [1.54, 1.807) is 6.07 Å². The van der Waals surface area contributed by atoms with Crippen molar-refractivity contribution in [3.8, 4) is 6.07 Å². The number of anilines is 1. The van der Waals surface area contributed by atoms with Gasteiger partial charge in [0.05, 0.1) is 0 Å². The van der Waals surface area contributed by atoms with Crippen LogP contribution >= 0.6 is 0 Å². The zero-order valence-electron chi connectivity index (χ0n) is 10.8. The molecular weight excluding hydrogens is 212 g/mol. The zero-order valence-corrected chi connectivity index (χ0v) is 10.8. The van der Waals surface area contributed by atoms with Gasteiger partial charge in [0.2, 0.25) is 0 Å². The van der Waals surface area contributed by atoms with Gasteiger partial charge in [-0.1, -0.05) is 19.9 Å². The van der Waals surface area contributed by atoms with E-state index in [4.69, 9.17) is 11.0 Å². The summed E-state index contributed by atoms with van der Waals surface area (Å²) in [5, 5.41) is 8.84. The molecule has 0 amide bonds. The molecule has 0 fully saturated rings. The fraction of sp³-hybridized carbons (Fsp3) is 0.538. The minimum absolute atomic E-state index is 0.0420. The average Bonchev–Trinajstić information content (AvgIpc) is 2.36. The van der Waals surface area contributed by atoms with Crippen LogP contribution in [0.1, 0.15) is 26.5 Å². The lowest BCUT2D eigenvalue weighted by molar-refractivity contribution is 0.378. The Morgan fingerprint density at radius 1 is 1.47 bits per heavy atom. The highest BCUT2D eigenvalue weighted by Gasteiger charge is 2.20. The molecule has 0 aliphatic rings. The van der Waals surface area contributed by atoms with E-state index in [1.807, 2.05) is 12.1 Å². The van der Waals surface area contributed by atoms with Crippen LogP contribution in [0.15, 0.2) is 18.2 Å². The van der Waals surface area contributed by atoms with Crippen LogP contribution in [0.4, 0.5) is 5.82 Å². The van der Waals surface area contributed by atoms with Gasteiger partial charge < -0.3 is 10.6 Å². The molecule has 0 saturated heterocycles. The van der Waals surface area contributed by atoms with Crippen molar-refractivity contribution in [2.24, 2.45) is 11.1 Å². The van der Waals surface area contributed by atoms with Gasteiger partial charge in [0.1, 0.15) is 17.6 Å². The Balaban J connectivity index is 2.90. The summed E-state index contributed by atoms with van der Waals surface area (Å²) in [6.07, 6.45) is 0. The molecule has 1 aromatic heterocycles. The van der Waals surface area contributed by atoms with Crippen molar-refractivity contribution in [2.45, 2.75) is 20.8 Å². The number of hydrogen-bond acceptors (Lipinski definition) is 4. The summed E-state index contributed by atoms with van der Waals surface area (Å²) in [4.78, 5) is 6.45. The van der Waals surface area contributed by atoms with Crippen LogP contribution in [0.5, 0.6) is 0 Å². The standard InChI is InChI=1S/C13H20N4/c1-4-17(10-13(2,3)9-15)12-7-5-6-11(8-14)16-12/h5-7H,4,9-10,15H2,1-3H3. The maximum atomic E-state index is 8.84. The lowest BCUT2D eigenvalue weighted by atomic mass is 9.93. The monoisotopic (exact) mass is 232 g/mol. The summed E-state index contributed by atoms with van der Waals surface area (Å²) in [6.45, 7) is 8.65. The van der Waals surface area contributed by atoms with Gasteiger partial charge >= 0.3 is 0 Å². The van der Waals surface area contributed by atoms with Crippen LogP contribution < -0.4 is 10.6 Å². The molecule has 1 rings (SSSR count). The lowest BCUT2D eigenvalue weighted by Gasteiger charge is -2.31. The van der Waals surface area contributed by atoms with E-state index >= 15 is 0 Å². The third-order valence-electron chi connectivity index (χ3n) is 2.73. The van der Waals surface area contributed by atoms with E-state index in [0.29, 0.717) is 12.2 Å². The second-order valence-electron chi connectivity index (χ2n) is 4.88. The quantitative estimate of drug-likeness (QED) is 0.840. The topological polar surface area (TPSA) is 65.9 Å². The minimum atomic E-state index is 0.0420. The molecule has 4 heteroatoms. The Morgan fingerprint density at radius 3 is 2.71 bits per heavy atom. The number of nitriles is 1. The third kappa shape index (κ3) is 3.72. The smallest absolute Gasteiger partial charge is 0.142 e. The molecule has 2 N–H and O–H groups in total. The van der Waals surface area contributed by atoms with Crippen molar-refractivity contribution in [1.29, 1.82) is 5.26 Å². The van der Waals surface area contributed by atoms with Crippen LogP contribution in [0.2, 0.25) is 0 Å². The Hall–Kier alpha value is -1.60. The highest BCUT2D eigenvalue weighted by Crippen LogP contribution is 2.19. The van der Waals surface area contributed by atoms with Crippen LogP contribution in [0.25, 0.3) is 0 Å². The molecule has 92 valence electrons. The van der Waals surface area contributed by atoms with Gasteiger partial charge in [0, 0.05) is 13.1 Å². The van der Waals surface area contributed by atoms with E-state index in [0.717, 1.165) is 18.9 Å². The molecular formula is C13H20N4. The number of pyridine rings is 1. The number of nitrogens with two attached hydrogens (primary N) is 1. The first-order valence-corrected chi connectivity index (χ1v) is 5.84. The van der Waals surface area contributed by atoms with E-state index in [-0.39, 0.29) is 5.41 Å². The van der Waals surface area contributed by atoms with E-state index in [9.17, 15) is 0 Å². The number of aromatic nitrogens is 1. The minimum Gasteiger partial charge on any atom is -0.356 e. The van der Waals surface area contributed by atoms with Gasteiger partial charge in [-0.15, -0.1) is 0 Å². The van der Waals surface area contributed by atoms with Crippen molar-refractivity contribution in [3.63, 3.8) is 0 Å². The molecule has 0 bridgehead atoms. The summed E-state index contributed by atoms with van der Waals surface area (Å²) >= 11 is 0. The van der Waals surface area contributed by atoms with Crippen LogP contribution in [-0.4, -0.2) is 24.6 Å². The molecule has 0 spiro atoms. The van der Waals surface area contributed by atoms with Gasteiger partial charge in [-0.3, -0.25) is 0 Å². The molecule has 0 radical (unpaired) electrons. The van der Waals surface area contributed by atoms with Crippen molar-refractivity contribution in [2.75, 3.05) is 24.5 Å². The first-order chi connectivity index (χ1) is 8.02. The largest absolute Gasteiger partial charge is 0.356 e. The summed E-state index contributed by atoms with van der Waals surface area (Å²) in [5.74, 6) is 0.841. The molecule has 0 aliphatic carbocycles. The predicted molar refractivity (Wildman–Crippen MR) is 69.7 cm³/mol. The fourth-order valence-electron chi connectivity index (χ4n) is 1.60. The Kier molecular flexibility index (Phi) is 4.47. The first kappa shape index (κ1) is 13.5. The molecule has 0 saturated carbocycles. The summed E-state index contributed by atoms with van der Waals surface area (Å²) in [7, 11) is 0. The molecule has 1 aromatic rings. The van der Waals surface area contributed by atoms with Gasteiger partial charge in [-0.25, -0.2) is 4.98 Å². The molecule has 0 aromatic carbocycles. The number of nitrogens with zero attached hydrogens (tertiary/aromatic N) is 3. The zero-order chi connectivity index (χ0) is 12.9. The highest BCUT2D eigenvalue weighted by atomic mass is 15.2. The van der Waals surface area contributed by atoms with Gasteiger partial charge in [-0.05, 0) is 31.0 Å². The summed E-state index contributed by atoms with van der Waals surface area (Å²) in [5.41, 5.74) is 6.24. The second kappa shape index (κ2) is 5.65. The van der Waals surface area contributed by atoms with Crippen molar-refractivity contribution < 1.29 is 0 Å². The SMILES string of the molecule is CCN(CC(C)(C)CN)c1cccc(C#N)n1. The normalized spacial score (nSPS) is 11.0. The Bertz CT molecular complexity index is 406. The Labute approximate surface area is 103 Å². The van der Waals surface area contributed by atoms with Crippen molar-refractivity contribution in [3.05, 3.63) is 23.9 Å². The maximum Gasteiger partial charge on any atom is 0.142 e. The van der Waals surface area contributed by atoms with Crippen molar-refractivity contribution in [1.82, 2.24) is 4.98 Å². The van der Waals surface area contributed by atoms with E-state index in [1.165, 1.54) is 0 Å². The lowest BCUT2D eigenvalue weighted by Crippen LogP contribution is -2.39. The Morgan fingerprint density at radius 2 is 2.18 bits per heavy atom. The van der Waals surface area contributed by atoms with Crippen LogP contribution in [0, 0.1) is 16.7 Å². The average molecular weight is 232 g/mol. The summed E-state index contributed by atoms with van der Waals surface area (Å²) in [6, 6.07) is 7.56.